The summed E-state index contributed by atoms with van der Waals surface area (Å²) in [7, 11) is 0. The first-order valence-electron chi connectivity index (χ1n) is 6.69. The smallest absolute Gasteiger partial charge is 0.480 e. The van der Waals surface area contributed by atoms with Crippen molar-refractivity contribution in [3.63, 3.8) is 0 Å². The van der Waals surface area contributed by atoms with Crippen LogP contribution in [0.1, 0.15) is 18.4 Å². The number of halogens is 3. The van der Waals surface area contributed by atoms with Gasteiger partial charge in [-0.15, -0.1) is 19.8 Å². The number of alkyl halides is 3. The van der Waals surface area contributed by atoms with Crippen LogP contribution in [0.4, 0.5) is 13.2 Å². The van der Waals surface area contributed by atoms with Gasteiger partial charge in [0, 0.05) is 0 Å². The minimum atomic E-state index is -4.82. The Hall–Kier alpha value is -2.51. The van der Waals surface area contributed by atoms with E-state index >= 15 is 0 Å². The lowest BCUT2D eigenvalue weighted by molar-refractivity contribution is -0.274. The standard InChI is InChI=1S/C15H16F3NO4/c1-2-3-7-12(14(21)22)19-13(20)9-10-5-4-6-11(8-10)23-15(16,17)18/h2,4-6,8,12H,1,3,7,9H2,(H,19,20)(H,21,22). The van der Waals surface area contributed by atoms with Crippen LogP contribution >= 0.6 is 0 Å². The molecule has 1 aromatic rings. The molecule has 0 saturated heterocycles. The molecular weight excluding hydrogens is 315 g/mol. The number of benzene rings is 1. The fraction of sp³-hybridized carbons (Fsp3) is 0.333. The van der Waals surface area contributed by atoms with Gasteiger partial charge in [0.1, 0.15) is 11.8 Å². The minimum Gasteiger partial charge on any atom is -0.480 e. The molecule has 5 nitrogen and oxygen atoms in total. The first kappa shape index (κ1) is 18.5. The maximum atomic E-state index is 12.1. The van der Waals surface area contributed by atoms with Crippen molar-refractivity contribution in [1.82, 2.24) is 5.32 Å². The average Bonchev–Trinajstić information content (AvgIpc) is 2.41. The number of carboxylic acids is 1. The van der Waals surface area contributed by atoms with Crippen LogP contribution in [0.25, 0.3) is 0 Å². The number of hydrogen-bond donors (Lipinski definition) is 2. The molecule has 0 heterocycles. The third kappa shape index (κ3) is 7.35. The summed E-state index contributed by atoms with van der Waals surface area (Å²) in [4.78, 5) is 22.8. The predicted molar refractivity (Wildman–Crippen MR) is 75.8 cm³/mol. The second kappa shape index (κ2) is 8.21. The molecule has 0 fully saturated rings. The van der Waals surface area contributed by atoms with Crippen LogP contribution in [0, 0.1) is 0 Å². The quantitative estimate of drug-likeness (QED) is 0.718. The van der Waals surface area contributed by atoms with E-state index in [0.29, 0.717) is 6.42 Å². The van der Waals surface area contributed by atoms with E-state index in [2.05, 4.69) is 16.6 Å². The molecule has 1 aromatic carbocycles. The summed E-state index contributed by atoms with van der Waals surface area (Å²) in [6, 6.07) is 3.87. The van der Waals surface area contributed by atoms with Gasteiger partial charge in [0.2, 0.25) is 5.91 Å². The molecule has 0 aromatic heterocycles. The van der Waals surface area contributed by atoms with Crippen molar-refractivity contribution < 1.29 is 32.6 Å². The van der Waals surface area contributed by atoms with Gasteiger partial charge in [-0.05, 0) is 30.5 Å². The Morgan fingerprint density at radius 1 is 1.39 bits per heavy atom. The normalized spacial score (nSPS) is 12.3. The number of amides is 1. The number of nitrogens with one attached hydrogen (secondary N) is 1. The predicted octanol–water partition coefficient (Wildman–Crippen LogP) is 2.66. The number of aliphatic carboxylic acids is 1. The topological polar surface area (TPSA) is 75.6 Å². The van der Waals surface area contributed by atoms with Crippen molar-refractivity contribution in [2.45, 2.75) is 31.7 Å². The van der Waals surface area contributed by atoms with Gasteiger partial charge in [0.15, 0.2) is 0 Å². The summed E-state index contributed by atoms with van der Waals surface area (Å²) in [5.41, 5.74) is 0.275. The summed E-state index contributed by atoms with van der Waals surface area (Å²) < 4.78 is 40.2. The van der Waals surface area contributed by atoms with Crippen molar-refractivity contribution in [1.29, 1.82) is 0 Å². The molecule has 0 saturated carbocycles. The monoisotopic (exact) mass is 331 g/mol. The zero-order valence-electron chi connectivity index (χ0n) is 12.1. The molecule has 2 N–H and O–H groups in total. The van der Waals surface area contributed by atoms with Gasteiger partial charge in [0.25, 0.3) is 0 Å². The van der Waals surface area contributed by atoms with Crippen molar-refractivity contribution in [2.24, 2.45) is 0 Å². The summed E-state index contributed by atoms with van der Waals surface area (Å²) >= 11 is 0. The van der Waals surface area contributed by atoms with E-state index < -0.39 is 30.0 Å². The van der Waals surface area contributed by atoms with E-state index in [1.54, 1.807) is 0 Å². The number of carboxylic acid groups (broad SMARTS) is 1. The maximum Gasteiger partial charge on any atom is 0.573 e. The largest absolute Gasteiger partial charge is 0.573 e. The molecule has 0 aliphatic rings. The number of ether oxygens (including phenoxy) is 1. The molecular formula is C15H16F3NO4. The van der Waals surface area contributed by atoms with E-state index in [9.17, 15) is 22.8 Å². The van der Waals surface area contributed by atoms with Crippen LogP contribution in [0.3, 0.4) is 0 Å². The lowest BCUT2D eigenvalue weighted by Gasteiger charge is -2.14. The molecule has 8 heteroatoms. The zero-order chi connectivity index (χ0) is 17.5. The number of carbonyl (C=O) groups excluding carboxylic acids is 1. The number of allylic oxidation sites excluding steroid dienone is 1. The number of hydrogen-bond acceptors (Lipinski definition) is 3. The van der Waals surface area contributed by atoms with Gasteiger partial charge in [0.05, 0.1) is 6.42 Å². The van der Waals surface area contributed by atoms with E-state index in [0.717, 1.165) is 12.1 Å². The molecule has 0 aliphatic carbocycles. The highest BCUT2D eigenvalue weighted by Crippen LogP contribution is 2.23. The van der Waals surface area contributed by atoms with Crippen molar-refractivity contribution >= 4 is 11.9 Å². The lowest BCUT2D eigenvalue weighted by atomic mass is 10.1. The van der Waals surface area contributed by atoms with E-state index in [-0.39, 0.29) is 18.4 Å². The van der Waals surface area contributed by atoms with E-state index in [4.69, 9.17) is 5.11 Å². The Labute approximate surface area is 130 Å². The highest BCUT2D eigenvalue weighted by Gasteiger charge is 2.31. The molecule has 1 amide bonds. The highest BCUT2D eigenvalue weighted by molar-refractivity contribution is 5.84. The molecule has 0 radical (unpaired) electrons. The van der Waals surface area contributed by atoms with E-state index in [1.165, 1.54) is 18.2 Å². The van der Waals surface area contributed by atoms with E-state index in [1.807, 2.05) is 0 Å². The summed E-state index contributed by atoms with van der Waals surface area (Å²) in [6.07, 6.45) is -2.96. The fourth-order valence-corrected chi connectivity index (χ4v) is 1.83. The minimum absolute atomic E-state index is 0.182. The SMILES string of the molecule is C=CCCC(NC(=O)Cc1cccc(OC(F)(F)F)c1)C(=O)O. The highest BCUT2D eigenvalue weighted by atomic mass is 19.4. The molecule has 23 heavy (non-hydrogen) atoms. The van der Waals surface area contributed by atoms with Crippen LogP contribution in [0.2, 0.25) is 0 Å². The molecule has 1 rings (SSSR count). The van der Waals surface area contributed by atoms with Gasteiger partial charge in [-0.2, -0.15) is 0 Å². The van der Waals surface area contributed by atoms with Crippen molar-refractivity contribution in [3.05, 3.63) is 42.5 Å². The molecule has 126 valence electrons. The second-order valence-electron chi connectivity index (χ2n) is 4.70. The first-order chi connectivity index (χ1) is 10.7. The fourth-order valence-electron chi connectivity index (χ4n) is 1.83. The van der Waals surface area contributed by atoms with Crippen LogP contribution < -0.4 is 10.1 Å². The molecule has 1 unspecified atom stereocenters. The van der Waals surface area contributed by atoms with Gasteiger partial charge >= 0.3 is 12.3 Å². The number of carbonyl (C=O) groups is 2. The Balaban J connectivity index is 2.67. The molecule has 0 aliphatic heterocycles. The van der Waals surface area contributed by atoms with Gasteiger partial charge in [-0.1, -0.05) is 18.2 Å². The van der Waals surface area contributed by atoms with Crippen molar-refractivity contribution in [3.8, 4) is 5.75 Å². The number of rotatable bonds is 8. The molecule has 0 bridgehead atoms. The van der Waals surface area contributed by atoms with Crippen molar-refractivity contribution in [2.75, 3.05) is 0 Å². The second-order valence-corrected chi connectivity index (χ2v) is 4.70. The van der Waals surface area contributed by atoms with Crippen LogP contribution in [-0.2, 0) is 16.0 Å². The Kier molecular flexibility index (Phi) is 6.62. The summed E-state index contributed by atoms with van der Waals surface area (Å²) in [5, 5.41) is 11.3. The zero-order valence-corrected chi connectivity index (χ0v) is 12.1. The Morgan fingerprint density at radius 2 is 2.09 bits per heavy atom. The first-order valence-corrected chi connectivity index (χ1v) is 6.69. The third-order valence-electron chi connectivity index (χ3n) is 2.79. The Bertz CT molecular complexity index is 572. The van der Waals surface area contributed by atoms with Gasteiger partial charge in [-0.25, -0.2) is 4.79 Å². The third-order valence-corrected chi connectivity index (χ3v) is 2.79. The van der Waals surface area contributed by atoms with Crippen LogP contribution in [-0.4, -0.2) is 29.4 Å². The van der Waals surface area contributed by atoms with Crippen LogP contribution in [0.15, 0.2) is 36.9 Å². The maximum absolute atomic E-state index is 12.1. The molecule has 1 atom stereocenters. The summed E-state index contributed by atoms with van der Waals surface area (Å²) in [5.74, 6) is -2.23. The summed E-state index contributed by atoms with van der Waals surface area (Å²) in [6.45, 7) is 3.47. The van der Waals surface area contributed by atoms with Gasteiger partial charge < -0.3 is 15.2 Å². The lowest BCUT2D eigenvalue weighted by Crippen LogP contribution is -2.41. The average molecular weight is 331 g/mol. The van der Waals surface area contributed by atoms with Gasteiger partial charge in [-0.3, -0.25) is 4.79 Å². The van der Waals surface area contributed by atoms with Crippen LogP contribution in [0.5, 0.6) is 5.75 Å². The Morgan fingerprint density at radius 3 is 2.65 bits per heavy atom. The molecule has 0 spiro atoms.